The molecule has 0 amide bonds. The van der Waals surface area contributed by atoms with Crippen LogP contribution in [-0.2, 0) is 61.2 Å². The van der Waals surface area contributed by atoms with E-state index in [1.165, 1.54) is 13.0 Å². The highest BCUT2D eigenvalue weighted by Crippen LogP contribution is 2.64. The summed E-state index contributed by atoms with van der Waals surface area (Å²) >= 11 is 0. The lowest BCUT2D eigenvalue weighted by atomic mass is 9.59. The highest BCUT2D eigenvalue weighted by atomic mass is 19.4. The third-order valence-corrected chi connectivity index (χ3v) is 13.9. The average Bonchev–Trinajstić information content (AvgIpc) is 3.50. The molecule has 11 rings (SSSR count). The van der Waals surface area contributed by atoms with Crippen molar-refractivity contribution in [2.45, 2.75) is 152 Å². The summed E-state index contributed by atoms with van der Waals surface area (Å²) in [6.45, 7) is 5.49. The van der Waals surface area contributed by atoms with Crippen LogP contribution in [0.15, 0.2) is 29.5 Å². The molecule has 9 fully saturated rings. The van der Waals surface area contributed by atoms with Gasteiger partial charge >= 0.3 is 12.4 Å². The minimum absolute atomic E-state index is 0.103. The highest BCUT2D eigenvalue weighted by molar-refractivity contribution is 5.28. The van der Waals surface area contributed by atoms with Gasteiger partial charge in [-0.1, -0.05) is 26.3 Å². The molecule has 55 heavy (non-hydrogen) atoms. The molecule has 2 aliphatic carbocycles. The van der Waals surface area contributed by atoms with Crippen LogP contribution >= 0.6 is 0 Å². The normalized spacial score (nSPS) is 46.4. The van der Waals surface area contributed by atoms with Crippen LogP contribution in [0.25, 0.3) is 0 Å². The Bertz CT molecular complexity index is 1700. The van der Waals surface area contributed by atoms with Crippen molar-refractivity contribution in [3.8, 4) is 0 Å². The van der Waals surface area contributed by atoms with E-state index in [1.807, 2.05) is 0 Å². The van der Waals surface area contributed by atoms with Crippen molar-refractivity contribution in [2.24, 2.45) is 35.5 Å². The van der Waals surface area contributed by atoms with Gasteiger partial charge in [0, 0.05) is 42.1 Å². The van der Waals surface area contributed by atoms with Crippen molar-refractivity contribution in [1.29, 1.82) is 0 Å². The molecule has 17 heteroatoms. The van der Waals surface area contributed by atoms with Crippen molar-refractivity contribution >= 4 is 0 Å². The van der Waals surface area contributed by atoms with Crippen molar-refractivity contribution in [3.63, 3.8) is 0 Å². The number of rotatable bonds is 7. The largest absolute Gasteiger partial charge is 0.456 e. The Morgan fingerprint density at radius 1 is 0.745 bits per heavy atom. The Labute approximate surface area is 314 Å². The minimum atomic E-state index is -4.97. The first kappa shape index (κ1) is 38.4. The van der Waals surface area contributed by atoms with E-state index in [-0.39, 0.29) is 41.3 Å². The number of pyridine rings is 1. The summed E-state index contributed by atoms with van der Waals surface area (Å²) in [7, 11) is 0. The van der Waals surface area contributed by atoms with Gasteiger partial charge in [0.1, 0.15) is 0 Å². The molecule has 10 aliphatic rings. The molecule has 0 radical (unpaired) electrons. The number of hydrogen-bond acceptors (Lipinski definition) is 11. The maximum absolute atomic E-state index is 15.3. The molecule has 9 heterocycles. The van der Waals surface area contributed by atoms with Crippen LogP contribution in [0.4, 0.5) is 26.3 Å². The molecule has 0 N–H and O–H groups in total. The second kappa shape index (κ2) is 13.0. The Hall–Kier alpha value is -2.09. The topological polar surface area (TPSA) is 105 Å². The molecule has 1 aromatic heterocycles. The van der Waals surface area contributed by atoms with E-state index < -0.39 is 90.2 Å². The summed E-state index contributed by atoms with van der Waals surface area (Å²) < 4.78 is 125. The van der Waals surface area contributed by atoms with Gasteiger partial charge in [-0.25, -0.2) is 19.6 Å². The van der Waals surface area contributed by atoms with E-state index in [2.05, 4.69) is 11.9 Å². The minimum Gasteiger partial charge on any atom is -0.456 e. The van der Waals surface area contributed by atoms with E-state index in [1.54, 1.807) is 26.0 Å². The fourth-order valence-electron chi connectivity index (χ4n) is 11.2. The number of allylic oxidation sites excluding steroid dienone is 1. The number of halogens is 6. The molecular weight excluding hydrogens is 744 g/mol. The fourth-order valence-corrected chi connectivity index (χ4v) is 11.2. The molecule has 13 atom stereocenters. The lowest BCUT2D eigenvalue weighted by Gasteiger charge is -2.61. The summed E-state index contributed by atoms with van der Waals surface area (Å²) in [5.41, 5.74) is -2.18. The van der Waals surface area contributed by atoms with E-state index in [0.29, 0.717) is 44.9 Å². The van der Waals surface area contributed by atoms with Crippen LogP contribution in [0.1, 0.15) is 96.9 Å². The Kier molecular flexibility index (Phi) is 9.05. The molecule has 8 aliphatic heterocycles. The van der Waals surface area contributed by atoms with Crippen LogP contribution in [0, 0.1) is 35.5 Å². The van der Waals surface area contributed by atoms with Gasteiger partial charge < -0.3 is 28.4 Å². The smallest absolute Gasteiger partial charge is 0.449 e. The standard InChI is InChI=1S/C38H47F6NO10/c1-20-11-12-28-25(29(37(39,40)41)48-30-35(28)26(20)14-16-33(4,49-30)53-55-35)19-46-17-23-8-6-9-24(45-23)18-47-36(38(42,43)44)21(2)27-10-5-7-22-13-15-32(3)50-31(51-36)34(22,27)54-52-32/h6,8-9,20-22,26-28,30-31H,5,7,10-19H2,1-4H3/t20-,21-,22?,26?,27+,28?,30-,31+,32-,33-,34?,35-,36-/m1/s1. The second-order valence-electron chi connectivity index (χ2n) is 17.2. The fraction of sp³-hybridized carbons (Fsp3) is 0.816. The second-order valence-corrected chi connectivity index (χ2v) is 17.2. The number of aromatic nitrogens is 1. The van der Waals surface area contributed by atoms with Crippen molar-refractivity contribution in [3.05, 3.63) is 40.9 Å². The number of fused-ring (bicyclic) bond motifs is 4. The zero-order chi connectivity index (χ0) is 38.8. The van der Waals surface area contributed by atoms with Crippen LogP contribution in [0.3, 0.4) is 0 Å². The molecule has 1 aromatic rings. The van der Waals surface area contributed by atoms with Gasteiger partial charge in [-0.05, 0) is 76.3 Å². The van der Waals surface area contributed by atoms with E-state index >= 15 is 13.2 Å². The number of ether oxygens (including phenoxy) is 6. The maximum atomic E-state index is 15.3. The first-order valence-electron chi connectivity index (χ1n) is 19.4. The summed E-state index contributed by atoms with van der Waals surface area (Å²) in [4.78, 5) is 27.9. The lowest BCUT2D eigenvalue weighted by Crippen LogP contribution is -2.75. The zero-order valence-corrected chi connectivity index (χ0v) is 31.1. The van der Waals surface area contributed by atoms with Gasteiger partial charge in [-0.15, -0.1) is 0 Å². The monoisotopic (exact) mass is 791 g/mol. The van der Waals surface area contributed by atoms with Gasteiger partial charge in [0.25, 0.3) is 5.79 Å². The van der Waals surface area contributed by atoms with Gasteiger partial charge in [0.2, 0.25) is 23.6 Å². The SMILES string of the molecule is C[C@@H]1CCC2C(COCc3cccc(CO[C@@]4(C(F)(F)F)O[C@@H]5O[C@@]6(C)CCC7CCC[C@@H]([C@H]4C)C75OO6)n3)=C(C(F)(F)F)O[C@@H]3O[C@@]4(C)CCC1[C@@]23OO4. The first-order chi connectivity index (χ1) is 25.9. The third-order valence-electron chi connectivity index (χ3n) is 13.9. The quantitative estimate of drug-likeness (QED) is 0.198. The van der Waals surface area contributed by atoms with Gasteiger partial charge in [0.05, 0.1) is 31.2 Å². The molecule has 7 saturated heterocycles. The molecule has 2 saturated carbocycles. The highest BCUT2D eigenvalue weighted by Gasteiger charge is 2.77. The lowest BCUT2D eigenvalue weighted by molar-refractivity contribution is -0.598. The van der Waals surface area contributed by atoms with E-state index in [0.717, 1.165) is 12.8 Å². The van der Waals surface area contributed by atoms with Crippen LogP contribution in [-0.4, -0.2) is 65.1 Å². The summed E-state index contributed by atoms with van der Waals surface area (Å²) in [6.07, 6.45) is -7.39. The molecule has 2 spiro atoms. The molecule has 4 bridgehead atoms. The third kappa shape index (κ3) is 5.83. The van der Waals surface area contributed by atoms with E-state index in [9.17, 15) is 13.2 Å². The van der Waals surface area contributed by atoms with Gasteiger partial charge in [-0.2, -0.15) is 26.3 Å². The van der Waals surface area contributed by atoms with Crippen molar-refractivity contribution in [2.75, 3.05) is 6.61 Å². The van der Waals surface area contributed by atoms with Crippen molar-refractivity contribution < 1.29 is 74.3 Å². The van der Waals surface area contributed by atoms with Crippen LogP contribution < -0.4 is 0 Å². The summed E-state index contributed by atoms with van der Waals surface area (Å²) in [6, 6.07) is 4.65. The Balaban J connectivity index is 0.936. The predicted molar refractivity (Wildman–Crippen MR) is 173 cm³/mol. The summed E-state index contributed by atoms with van der Waals surface area (Å²) in [5.74, 6) is -9.50. The molecule has 306 valence electrons. The summed E-state index contributed by atoms with van der Waals surface area (Å²) in [5, 5.41) is 0. The molecule has 0 aromatic carbocycles. The molecular formula is C38H47F6NO10. The zero-order valence-electron chi connectivity index (χ0n) is 31.1. The molecule has 11 nitrogen and oxygen atoms in total. The van der Waals surface area contributed by atoms with E-state index in [4.69, 9.17) is 48.0 Å². The first-order valence-corrected chi connectivity index (χ1v) is 19.4. The van der Waals surface area contributed by atoms with Gasteiger partial charge in [0.15, 0.2) is 17.5 Å². The maximum Gasteiger partial charge on any atom is 0.449 e. The van der Waals surface area contributed by atoms with Gasteiger partial charge in [-0.3, -0.25) is 4.98 Å². The van der Waals surface area contributed by atoms with Crippen LogP contribution in [0.2, 0.25) is 0 Å². The number of nitrogens with zero attached hydrogens (tertiary/aromatic N) is 1. The number of alkyl halides is 6. The average molecular weight is 792 g/mol. The van der Waals surface area contributed by atoms with Crippen LogP contribution in [0.5, 0.6) is 0 Å². The van der Waals surface area contributed by atoms with Crippen molar-refractivity contribution in [1.82, 2.24) is 4.98 Å². The predicted octanol–water partition coefficient (Wildman–Crippen LogP) is 8.07. The number of hydrogen-bond donors (Lipinski definition) is 0. The Morgan fingerprint density at radius 2 is 1.44 bits per heavy atom. The Morgan fingerprint density at radius 3 is 2.16 bits per heavy atom. The molecule has 4 unspecified atom stereocenters.